The minimum atomic E-state index is -4.21. The van der Waals surface area contributed by atoms with Gasteiger partial charge in [0.2, 0.25) is 0 Å². The molecule has 0 saturated carbocycles. The maximum Gasteiger partial charge on any atom is 0.407 e. The lowest BCUT2D eigenvalue weighted by atomic mass is 9.80. The molecule has 0 aliphatic carbocycles. The predicted octanol–water partition coefficient (Wildman–Crippen LogP) is 4.90. The highest BCUT2D eigenvalue weighted by molar-refractivity contribution is 5.65. The van der Waals surface area contributed by atoms with Gasteiger partial charge in [-0.25, -0.2) is 13.6 Å². The Morgan fingerprint density at radius 2 is 1.79 bits per heavy atom. The van der Waals surface area contributed by atoms with Crippen LogP contribution in [0.5, 0.6) is 11.5 Å². The van der Waals surface area contributed by atoms with E-state index in [1.54, 1.807) is 0 Å². The summed E-state index contributed by atoms with van der Waals surface area (Å²) >= 11 is 0. The van der Waals surface area contributed by atoms with Gasteiger partial charge >= 0.3 is 18.4 Å². The molecule has 0 spiro atoms. The first kappa shape index (κ1) is 22.1. The molecule has 158 valence electrons. The first-order valence-electron chi connectivity index (χ1n) is 8.95. The summed E-state index contributed by atoms with van der Waals surface area (Å²) in [4.78, 5) is 12.9. The van der Waals surface area contributed by atoms with Crippen LogP contribution in [0.3, 0.4) is 0 Å². The minimum absolute atomic E-state index is 0.0286. The first-order valence-corrected chi connectivity index (χ1v) is 8.95. The summed E-state index contributed by atoms with van der Waals surface area (Å²) in [5.41, 5.74) is -0.256. The van der Waals surface area contributed by atoms with Gasteiger partial charge in [0.1, 0.15) is 17.6 Å². The molecule has 1 aromatic carbocycles. The normalized spacial score (nSPS) is 20.9. The SMILES string of the molecule is CC(C)(C)C1CC(Oc2ccc(OCC(F)(F)C(F)F)cc2)CCN1C(=O)O. The molecule has 1 fully saturated rings. The van der Waals surface area contributed by atoms with Gasteiger partial charge in [0.25, 0.3) is 0 Å². The Bertz CT molecular complexity index is 661. The van der Waals surface area contributed by atoms with Crippen LogP contribution in [0.1, 0.15) is 33.6 Å². The zero-order valence-corrected chi connectivity index (χ0v) is 16.0. The molecule has 9 heteroatoms. The number of amides is 1. The van der Waals surface area contributed by atoms with Crippen molar-refractivity contribution < 1.29 is 36.9 Å². The fraction of sp³-hybridized carbons (Fsp3) is 0.632. The molecule has 2 atom stereocenters. The summed E-state index contributed by atoms with van der Waals surface area (Å²) in [6.45, 7) is 4.85. The molecule has 1 heterocycles. The van der Waals surface area contributed by atoms with Gasteiger partial charge in [-0.1, -0.05) is 20.8 Å². The third-order valence-corrected chi connectivity index (χ3v) is 4.68. The standard InChI is InChI=1S/C19H25F4NO4/c1-18(2,3)15-10-14(8-9-24(15)17(25)26)28-13-6-4-12(5-7-13)27-11-19(22,23)16(20)21/h4-7,14-16H,8-11H2,1-3H3,(H,25,26). The zero-order chi connectivity index (χ0) is 21.1. The number of carbonyl (C=O) groups is 1. The third kappa shape index (κ3) is 5.65. The second-order valence-corrected chi connectivity index (χ2v) is 7.94. The average Bonchev–Trinajstić information content (AvgIpc) is 2.60. The minimum Gasteiger partial charge on any atom is -0.490 e. The maximum atomic E-state index is 12.9. The Balaban J connectivity index is 1.96. The van der Waals surface area contributed by atoms with Crippen LogP contribution in [0, 0.1) is 5.41 Å². The van der Waals surface area contributed by atoms with Crippen molar-refractivity contribution in [3.05, 3.63) is 24.3 Å². The van der Waals surface area contributed by atoms with E-state index in [2.05, 4.69) is 0 Å². The molecule has 0 radical (unpaired) electrons. The number of hydrogen-bond acceptors (Lipinski definition) is 3. The van der Waals surface area contributed by atoms with E-state index < -0.39 is 25.0 Å². The van der Waals surface area contributed by atoms with E-state index >= 15 is 0 Å². The number of likely N-dealkylation sites (tertiary alicyclic amines) is 1. The number of ether oxygens (including phenoxy) is 2. The second kappa shape index (κ2) is 8.45. The van der Waals surface area contributed by atoms with Crippen LogP contribution in [0.2, 0.25) is 0 Å². The fourth-order valence-electron chi connectivity index (χ4n) is 3.14. The lowest BCUT2D eigenvalue weighted by molar-refractivity contribution is -0.148. The number of hydrogen-bond donors (Lipinski definition) is 1. The maximum absolute atomic E-state index is 12.9. The molecule has 2 unspecified atom stereocenters. The summed E-state index contributed by atoms with van der Waals surface area (Å²) in [6, 6.07) is 5.54. The number of carboxylic acid groups (broad SMARTS) is 1. The van der Waals surface area contributed by atoms with E-state index in [4.69, 9.17) is 9.47 Å². The number of rotatable bonds is 6. The van der Waals surface area contributed by atoms with Crippen LogP contribution in [0.15, 0.2) is 24.3 Å². The Hall–Kier alpha value is -2.19. The van der Waals surface area contributed by atoms with Crippen LogP contribution in [0.25, 0.3) is 0 Å². The molecule has 28 heavy (non-hydrogen) atoms. The van der Waals surface area contributed by atoms with Crippen LogP contribution < -0.4 is 9.47 Å². The number of nitrogens with zero attached hydrogens (tertiary/aromatic N) is 1. The van der Waals surface area contributed by atoms with Crippen molar-refractivity contribution in [1.82, 2.24) is 4.90 Å². The van der Waals surface area contributed by atoms with Crippen molar-refractivity contribution in [2.24, 2.45) is 5.41 Å². The molecule has 1 aliphatic heterocycles. The van der Waals surface area contributed by atoms with Gasteiger partial charge in [-0.15, -0.1) is 0 Å². The lowest BCUT2D eigenvalue weighted by Gasteiger charge is -2.44. The number of halogens is 4. The van der Waals surface area contributed by atoms with Gasteiger partial charge in [0, 0.05) is 25.4 Å². The molecule has 1 saturated heterocycles. The number of piperidine rings is 1. The highest BCUT2D eigenvalue weighted by Gasteiger charge is 2.42. The molecule has 5 nitrogen and oxygen atoms in total. The molecular formula is C19H25F4NO4. The number of alkyl halides is 4. The summed E-state index contributed by atoms with van der Waals surface area (Å²) in [5.74, 6) is -3.72. The van der Waals surface area contributed by atoms with Crippen molar-refractivity contribution in [2.45, 2.75) is 58.1 Å². The van der Waals surface area contributed by atoms with Crippen LogP contribution in [-0.4, -0.2) is 53.7 Å². The summed E-state index contributed by atoms with van der Waals surface area (Å²) in [5, 5.41) is 9.39. The van der Waals surface area contributed by atoms with E-state index in [9.17, 15) is 27.5 Å². The van der Waals surface area contributed by atoms with E-state index in [0.717, 1.165) is 0 Å². The van der Waals surface area contributed by atoms with Gasteiger partial charge < -0.3 is 19.5 Å². The Morgan fingerprint density at radius 1 is 1.21 bits per heavy atom. The molecule has 2 rings (SSSR count). The summed E-state index contributed by atoms with van der Waals surface area (Å²) in [7, 11) is 0. The van der Waals surface area contributed by atoms with Crippen LogP contribution in [-0.2, 0) is 0 Å². The summed E-state index contributed by atoms with van der Waals surface area (Å²) in [6.07, 6.45) is -3.90. The quantitative estimate of drug-likeness (QED) is 0.682. The Morgan fingerprint density at radius 3 is 2.29 bits per heavy atom. The first-order chi connectivity index (χ1) is 12.9. The van der Waals surface area contributed by atoms with E-state index in [1.807, 2.05) is 20.8 Å². The van der Waals surface area contributed by atoms with E-state index in [-0.39, 0.29) is 23.3 Å². The summed E-state index contributed by atoms with van der Waals surface area (Å²) < 4.78 is 60.7. The molecule has 0 bridgehead atoms. The van der Waals surface area contributed by atoms with Gasteiger partial charge in [-0.2, -0.15) is 8.78 Å². The molecular weight excluding hydrogens is 382 g/mol. The molecule has 1 amide bonds. The smallest absolute Gasteiger partial charge is 0.407 e. The van der Waals surface area contributed by atoms with Gasteiger partial charge in [0.05, 0.1) is 0 Å². The largest absolute Gasteiger partial charge is 0.490 e. The monoisotopic (exact) mass is 407 g/mol. The van der Waals surface area contributed by atoms with Gasteiger partial charge in [0.15, 0.2) is 6.61 Å². The molecule has 1 N–H and O–H groups in total. The van der Waals surface area contributed by atoms with E-state index in [0.29, 0.717) is 25.1 Å². The van der Waals surface area contributed by atoms with Crippen molar-refractivity contribution in [3.8, 4) is 11.5 Å². The molecule has 1 aliphatic rings. The average molecular weight is 407 g/mol. The number of benzene rings is 1. The van der Waals surface area contributed by atoms with Crippen molar-refractivity contribution in [1.29, 1.82) is 0 Å². The second-order valence-electron chi connectivity index (χ2n) is 7.94. The zero-order valence-electron chi connectivity index (χ0n) is 16.0. The topological polar surface area (TPSA) is 59.0 Å². The highest BCUT2D eigenvalue weighted by atomic mass is 19.3. The van der Waals surface area contributed by atoms with Crippen molar-refractivity contribution in [2.75, 3.05) is 13.2 Å². The van der Waals surface area contributed by atoms with Gasteiger partial charge in [-0.05, 0) is 29.7 Å². The van der Waals surface area contributed by atoms with Gasteiger partial charge in [-0.3, -0.25) is 0 Å². The lowest BCUT2D eigenvalue weighted by Crippen LogP contribution is -2.53. The van der Waals surface area contributed by atoms with Crippen molar-refractivity contribution in [3.63, 3.8) is 0 Å². The predicted molar refractivity (Wildman–Crippen MR) is 94.5 cm³/mol. The highest BCUT2D eigenvalue weighted by Crippen LogP contribution is 2.34. The van der Waals surface area contributed by atoms with Crippen LogP contribution in [0.4, 0.5) is 22.4 Å². The molecule has 1 aromatic rings. The Labute approximate surface area is 161 Å². The molecule has 0 aromatic heterocycles. The van der Waals surface area contributed by atoms with Crippen molar-refractivity contribution >= 4 is 6.09 Å². The van der Waals surface area contributed by atoms with E-state index in [1.165, 1.54) is 29.2 Å². The Kier molecular flexibility index (Phi) is 6.67. The van der Waals surface area contributed by atoms with Crippen LogP contribution >= 0.6 is 0 Å². The fourth-order valence-corrected chi connectivity index (χ4v) is 3.14. The third-order valence-electron chi connectivity index (χ3n) is 4.68.